The van der Waals surface area contributed by atoms with Gasteiger partial charge in [0.25, 0.3) is 0 Å². The summed E-state index contributed by atoms with van der Waals surface area (Å²) < 4.78 is 24.4. The molecule has 4 heterocycles. The fraction of sp³-hybridized carbons (Fsp3) is 0.561. The third-order valence-corrected chi connectivity index (χ3v) is 15.8. The van der Waals surface area contributed by atoms with Gasteiger partial charge in [0.2, 0.25) is 5.91 Å². The molecule has 14 N–H and O–H groups in total. The Labute approximate surface area is 515 Å². The Morgan fingerprint density at radius 3 is 1.97 bits per heavy atom. The van der Waals surface area contributed by atoms with E-state index >= 15 is 0 Å². The van der Waals surface area contributed by atoms with Gasteiger partial charge < -0.3 is 86.4 Å². The van der Waals surface area contributed by atoms with E-state index < -0.39 is 160 Å². The molecule has 1 aromatic heterocycles. The quantitative estimate of drug-likeness (QED) is 0.0952. The highest BCUT2D eigenvalue weighted by Gasteiger charge is 2.51. The summed E-state index contributed by atoms with van der Waals surface area (Å²) in [5.41, 5.74) is 8.16. The normalized spacial score (nSPS) is 35.6. The first-order chi connectivity index (χ1) is 41.9. The Morgan fingerprint density at radius 2 is 1.34 bits per heavy atom. The van der Waals surface area contributed by atoms with Gasteiger partial charge in [-0.25, -0.2) is 0 Å². The van der Waals surface area contributed by atoms with Crippen molar-refractivity contribution in [3.8, 4) is 0 Å². The number of pyridine rings is 1. The molecule has 88 heavy (non-hydrogen) atoms. The Hall–Kier alpha value is -5.93. The molecule has 19 atom stereocenters. The maximum absolute atomic E-state index is 14.0. The van der Waals surface area contributed by atoms with Crippen molar-refractivity contribution < 1.29 is 89.2 Å². The number of aromatic nitrogens is 1. The van der Waals surface area contributed by atoms with E-state index in [0.717, 1.165) is 5.69 Å². The van der Waals surface area contributed by atoms with Crippen LogP contribution in [0.5, 0.6) is 0 Å². The second-order valence-corrected chi connectivity index (χ2v) is 23.4. The number of nitrogens with zero attached hydrogens (tertiary/aromatic N) is 1. The molecule has 3 aliphatic rings. The van der Waals surface area contributed by atoms with Gasteiger partial charge in [-0.05, 0) is 81.3 Å². The molecular formula is C66H94N4O18. The molecule has 14 unspecified atom stereocenters. The molecule has 486 valence electrons. The highest BCUT2D eigenvalue weighted by atomic mass is 16.7. The van der Waals surface area contributed by atoms with Crippen molar-refractivity contribution in [2.45, 2.75) is 202 Å². The fourth-order valence-electron chi connectivity index (χ4n) is 11.1. The number of ether oxygens (including phenoxy) is 4. The third kappa shape index (κ3) is 25.2. The van der Waals surface area contributed by atoms with E-state index in [1.807, 2.05) is 19.9 Å². The van der Waals surface area contributed by atoms with Gasteiger partial charge >= 0.3 is 5.97 Å². The molecule has 22 heteroatoms. The second-order valence-electron chi connectivity index (χ2n) is 23.4. The van der Waals surface area contributed by atoms with Crippen LogP contribution < -0.4 is 16.4 Å². The van der Waals surface area contributed by atoms with Gasteiger partial charge in [0, 0.05) is 87.6 Å². The van der Waals surface area contributed by atoms with E-state index in [1.165, 1.54) is 0 Å². The largest absolute Gasteiger partial charge is 0.461 e. The van der Waals surface area contributed by atoms with Gasteiger partial charge in [0.05, 0.1) is 85.5 Å². The van der Waals surface area contributed by atoms with E-state index in [1.54, 1.807) is 142 Å². The second kappa shape index (κ2) is 37.3. The predicted octanol–water partition coefficient (Wildman–Crippen LogP) is 3.42. The van der Waals surface area contributed by atoms with Crippen LogP contribution in [0, 0.1) is 17.8 Å². The number of anilines is 1. The van der Waals surface area contributed by atoms with Crippen LogP contribution in [0.3, 0.4) is 0 Å². The summed E-state index contributed by atoms with van der Waals surface area (Å²) in [5.74, 6) is -6.57. The average molecular weight is 1230 g/mol. The molecule has 0 spiro atoms. The van der Waals surface area contributed by atoms with E-state index in [9.17, 15) is 70.2 Å². The first kappa shape index (κ1) is 72.8. The summed E-state index contributed by atoms with van der Waals surface area (Å²) in [6, 6.07) is 11.1. The smallest absolute Gasteiger partial charge is 0.308 e. The minimum Gasteiger partial charge on any atom is -0.461 e. The van der Waals surface area contributed by atoms with Crippen molar-refractivity contribution in [2.75, 3.05) is 18.9 Å². The number of Topliss-reactive ketones (excluding diaryl/α,β-unsaturated/α-hetero) is 2. The van der Waals surface area contributed by atoms with Crippen LogP contribution in [0.4, 0.5) is 5.69 Å². The summed E-state index contributed by atoms with van der Waals surface area (Å²) in [5, 5.41) is 117. The Bertz CT molecular complexity index is 2670. The number of aliphatic hydroxyl groups excluding tert-OH is 9. The molecule has 0 saturated carbocycles. The van der Waals surface area contributed by atoms with Crippen molar-refractivity contribution in [1.29, 1.82) is 0 Å². The van der Waals surface area contributed by atoms with Crippen LogP contribution in [0.1, 0.15) is 114 Å². The van der Waals surface area contributed by atoms with Gasteiger partial charge in [0.1, 0.15) is 18.0 Å². The standard InChI is InChI=1S/C66H94N4O18/c1-41-19-15-13-11-9-7-5-6-8-10-12-14-16-21-54(86-65-62(82)60(67)61(81)43(3)85-65)38-57-59(64(83)70-30-28-46-20-17-18-29-69-46)56(79)40-66(84,88-57)39-53(77)35-51(75)33-49(73)31-48(72)32-50(74)34-52(76)37-58(80)87-63(41)42(2)22-27-47(71)36-55(78)44-23-25-45(68-4)26-24-44/h5-21,23-26,29,41-43,47-49,51-54,56-57,59-63,65,68,71-73,75-77,79,81-82,84H,22,27-28,30-40,67H2,1-4H3,(H,70,83)/b6-5-,9-7-,10-8+,13-11+,14-12+,19-15+,21-16+/t41?,42?,43-,47?,48?,49?,51?,52?,53?,54?,56?,57?,59?,60+,61-,62+,63?,65+,66?/m1/s1. The molecule has 22 nitrogen and oxygen atoms in total. The molecule has 2 bridgehead atoms. The van der Waals surface area contributed by atoms with E-state index in [4.69, 9.17) is 24.7 Å². The number of rotatable bonds is 14. The van der Waals surface area contributed by atoms with Gasteiger partial charge in [-0.15, -0.1) is 0 Å². The number of carbonyl (C=O) groups excluding carboxylic acids is 4. The molecule has 0 radical (unpaired) electrons. The fourth-order valence-corrected chi connectivity index (χ4v) is 11.1. The number of ketones is 2. The zero-order chi connectivity index (χ0) is 64.3. The number of cyclic esters (lactones) is 1. The van der Waals surface area contributed by atoms with E-state index in [0.29, 0.717) is 24.1 Å². The highest BCUT2D eigenvalue weighted by molar-refractivity contribution is 5.96. The lowest BCUT2D eigenvalue weighted by molar-refractivity contribution is -0.307. The van der Waals surface area contributed by atoms with Crippen LogP contribution in [-0.4, -0.2) is 191 Å². The monoisotopic (exact) mass is 1230 g/mol. The summed E-state index contributed by atoms with van der Waals surface area (Å²) in [6.07, 6.45) is 4.97. The van der Waals surface area contributed by atoms with Gasteiger partial charge in [-0.1, -0.05) is 105 Å². The topological polar surface area (TPSA) is 370 Å². The van der Waals surface area contributed by atoms with Crippen LogP contribution in [-0.2, 0) is 39.8 Å². The van der Waals surface area contributed by atoms with E-state index in [-0.39, 0.29) is 56.3 Å². The van der Waals surface area contributed by atoms with E-state index in [2.05, 4.69) is 15.6 Å². The number of allylic oxidation sites excluding steroid dienone is 12. The molecule has 2 fully saturated rings. The van der Waals surface area contributed by atoms with Gasteiger partial charge in [0.15, 0.2) is 17.9 Å². The maximum Gasteiger partial charge on any atom is 0.308 e. The first-order valence-electron chi connectivity index (χ1n) is 30.4. The zero-order valence-electron chi connectivity index (χ0n) is 50.8. The Morgan fingerprint density at radius 1 is 0.739 bits per heavy atom. The number of benzene rings is 1. The van der Waals surface area contributed by atoms with Crippen molar-refractivity contribution in [3.63, 3.8) is 0 Å². The van der Waals surface area contributed by atoms with Crippen molar-refractivity contribution in [1.82, 2.24) is 10.3 Å². The van der Waals surface area contributed by atoms with Crippen molar-refractivity contribution in [2.24, 2.45) is 23.5 Å². The zero-order valence-corrected chi connectivity index (χ0v) is 50.8. The minimum absolute atomic E-state index is 0.105. The Balaban J connectivity index is 1.35. The van der Waals surface area contributed by atoms with Crippen LogP contribution in [0.15, 0.2) is 134 Å². The van der Waals surface area contributed by atoms with Gasteiger partial charge in [-0.3, -0.25) is 24.2 Å². The number of hydrogen-bond donors (Lipinski definition) is 13. The number of esters is 1. The number of nitrogens with one attached hydrogen (secondary N) is 2. The van der Waals surface area contributed by atoms with Crippen molar-refractivity contribution >= 4 is 29.1 Å². The predicted molar refractivity (Wildman–Crippen MR) is 328 cm³/mol. The molecule has 0 aliphatic carbocycles. The third-order valence-electron chi connectivity index (χ3n) is 15.8. The molecule has 1 aromatic carbocycles. The summed E-state index contributed by atoms with van der Waals surface area (Å²) in [6.45, 7) is 5.39. The Kier molecular flexibility index (Phi) is 30.8. The average Bonchev–Trinajstić information content (AvgIpc) is 0.946. The number of amides is 1. The molecule has 2 aromatic rings. The van der Waals surface area contributed by atoms with Crippen LogP contribution in [0.2, 0.25) is 0 Å². The molecule has 3 aliphatic heterocycles. The minimum atomic E-state index is -2.30. The van der Waals surface area contributed by atoms with Crippen molar-refractivity contribution in [3.05, 3.63) is 145 Å². The molecule has 1 amide bonds. The first-order valence-corrected chi connectivity index (χ1v) is 30.4. The lowest BCUT2D eigenvalue weighted by atomic mass is 9.82. The molecule has 5 rings (SSSR count). The number of nitrogens with two attached hydrogens (primary N) is 1. The lowest BCUT2D eigenvalue weighted by Crippen LogP contribution is -2.62. The SMILES string of the molecule is CNc1ccc(C(=O)CC(O)CCC(C)C2OC(=O)CC(O)CC(=O)CC(O)CC(O)CC(O)CC(O)CC3(O)CC(O)C(C(=O)NCCc4ccccn4)C(CC(O[C@@H]4O[C@H](C)[C@@H](O)[C@H](N)[C@@H]4O)/C=C/C=C/C=C/C=C\C=C/C=C/C=C/C2C)O3)cc1. The number of aliphatic hydroxyl groups is 10. The summed E-state index contributed by atoms with van der Waals surface area (Å²) >= 11 is 0. The van der Waals surface area contributed by atoms with Crippen LogP contribution in [0.25, 0.3) is 0 Å². The summed E-state index contributed by atoms with van der Waals surface area (Å²) in [7, 11) is 1.77. The van der Waals surface area contributed by atoms with Crippen LogP contribution >= 0.6 is 0 Å². The summed E-state index contributed by atoms with van der Waals surface area (Å²) in [4.78, 5) is 57.7. The maximum atomic E-state index is 14.0. The lowest BCUT2D eigenvalue weighted by Gasteiger charge is -2.46. The number of carbonyl (C=O) groups is 4. The number of fused-ring (bicyclic) bond motifs is 2. The number of hydrogen-bond acceptors (Lipinski definition) is 21. The molecule has 2 saturated heterocycles. The van der Waals surface area contributed by atoms with Gasteiger partial charge in [-0.2, -0.15) is 0 Å². The highest BCUT2D eigenvalue weighted by Crippen LogP contribution is 2.38. The molecular weight excluding hydrogens is 1140 g/mol.